The number of hydrogen-bond acceptors (Lipinski definition) is 1. The molecule has 0 unspecified atom stereocenters. The molecule has 3 aromatic carbocycles. The Morgan fingerprint density at radius 2 is 1.06 bits per heavy atom. The molecule has 0 amide bonds. The Labute approximate surface area is 315 Å². The van der Waals surface area contributed by atoms with Crippen molar-refractivity contribution in [2.75, 3.05) is 5.75 Å². The molecule has 0 bridgehead atoms. The predicted molar refractivity (Wildman–Crippen MR) is 187 cm³/mol. The topological polar surface area (TPSA) is 3.88 Å². The summed E-state index contributed by atoms with van der Waals surface area (Å²) in [6, 6.07) is 27.2. The van der Waals surface area contributed by atoms with Gasteiger partial charge in [-0.05, 0) is 149 Å². The number of benzene rings is 3. The van der Waals surface area contributed by atoms with Gasteiger partial charge in [0.15, 0.2) is 12.4 Å². The number of hydrogen-bond donors (Lipinski definition) is 0. The molecule has 4 heteroatoms. The number of halogens is 1. The molecule has 2 aliphatic rings. The molecule has 1 heterocycles. The van der Waals surface area contributed by atoms with Crippen molar-refractivity contribution >= 4 is 11.8 Å². The maximum absolute atomic E-state index is 3.30. The first-order valence-corrected chi connectivity index (χ1v) is 15.9. The summed E-state index contributed by atoms with van der Waals surface area (Å²) in [6.45, 7) is 2.08. The van der Waals surface area contributed by atoms with Crippen LogP contribution in [0.5, 0.6) is 0 Å². The average Bonchev–Trinajstić information content (AvgIpc) is 3.83. The van der Waals surface area contributed by atoms with Crippen molar-refractivity contribution in [3.05, 3.63) is 194 Å². The van der Waals surface area contributed by atoms with E-state index in [1.807, 2.05) is 107 Å². The zero-order valence-electron chi connectivity index (χ0n) is 26.4. The third kappa shape index (κ3) is 13.6. The molecule has 47 heavy (non-hydrogen) atoms. The first kappa shape index (κ1) is 38.5. The largest absolute Gasteiger partial charge is 2.00 e. The Morgan fingerprint density at radius 1 is 0.574 bits per heavy atom. The summed E-state index contributed by atoms with van der Waals surface area (Å²) in [6.07, 6.45) is 23.3. The molecule has 230 valence electrons. The van der Waals surface area contributed by atoms with E-state index in [-0.39, 0.29) is 41.0 Å². The molecule has 2 fully saturated rings. The van der Waals surface area contributed by atoms with Crippen molar-refractivity contribution in [2.24, 2.45) is 7.05 Å². The van der Waals surface area contributed by atoms with Gasteiger partial charge in [-0.3, -0.25) is 0 Å². The quantitative estimate of drug-likeness (QED) is 0.0954. The van der Waals surface area contributed by atoms with Crippen molar-refractivity contribution in [2.45, 2.75) is 18.2 Å². The summed E-state index contributed by atoms with van der Waals surface area (Å²) in [4.78, 5) is 1.27. The number of thioether (sulfide) groups is 1. The fourth-order valence-corrected chi connectivity index (χ4v) is 5.25. The second kappa shape index (κ2) is 21.1. The monoisotopic (exact) mass is 779 g/mol. The van der Waals surface area contributed by atoms with Crippen molar-refractivity contribution < 1.29 is 45.6 Å². The van der Waals surface area contributed by atoms with Crippen LogP contribution in [0.4, 0.5) is 0 Å². The van der Waals surface area contributed by atoms with Crippen molar-refractivity contribution in [1.82, 2.24) is 0 Å². The summed E-state index contributed by atoms with van der Waals surface area (Å²) < 4.78 is 2.06. The molecule has 1 nitrogen and oxygen atoms in total. The van der Waals surface area contributed by atoms with Gasteiger partial charge in [-0.2, -0.15) is 0 Å². The molecule has 10 radical (unpaired) electrons. The molecule has 6 rings (SSSR count). The van der Waals surface area contributed by atoms with Crippen LogP contribution in [0.2, 0.25) is 0 Å². The Balaban J connectivity index is 0.000000785. The SMILES string of the molecule is Cc1cc(C#Cc2ccc(SCCc3cc[n+](C)cc3)cc2)ccc1C#Cc1ccc(C#C[C]2[CH][CH][CH][CH]2)cc1.[CH]1[CH][CH][CH][CH]1.[Fe+2].[I-]. The number of aromatic nitrogens is 1. The van der Waals surface area contributed by atoms with Crippen molar-refractivity contribution in [1.29, 1.82) is 0 Å². The van der Waals surface area contributed by atoms with Crippen molar-refractivity contribution in [3.8, 4) is 35.5 Å². The number of pyridine rings is 1. The van der Waals surface area contributed by atoms with Crippen LogP contribution in [-0.2, 0) is 30.5 Å². The van der Waals surface area contributed by atoms with Gasteiger partial charge in [-0.1, -0.05) is 35.5 Å². The summed E-state index contributed by atoms with van der Waals surface area (Å²) in [7, 11) is 2.04. The Hall–Kier alpha value is -2.91. The van der Waals surface area contributed by atoms with Gasteiger partial charge in [0.25, 0.3) is 0 Å². The van der Waals surface area contributed by atoms with E-state index in [1.165, 1.54) is 10.5 Å². The Morgan fingerprint density at radius 3 is 1.64 bits per heavy atom. The van der Waals surface area contributed by atoms with E-state index in [9.17, 15) is 0 Å². The second-order valence-electron chi connectivity index (χ2n) is 10.5. The fraction of sp³-hybridized carbons (Fsp3) is 0.0930. The molecule has 0 N–H and O–H groups in total. The molecule has 2 saturated carbocycles. The van der Waals surface area contributed by atoms with Crippen molar-refractivity contribution in [3.63, 3.8) is 0 Å². The van der Waals surface area contributed by atoms with E-state index in [1.54, 1.807) is 0 Å². The molecule has 4 aromatic rings. The zero-order chi connectivity index (χ0) is 31.1. The van der Waals surface area contributed by atoms with E-state index in [0.29, 0.717) is 0 Å². The minimum Gasteiger partial charge on any atom is -1.00 e. The smallest absolute Gasteiger partial charge is 1.00 e. The maximum Gasteiger partial charge on any atom is 2.00 e. The molecule has 2 aliphatic carbocycles. The standard InChI is InChI=1S/C38H29NS.C5H5.Fe.HI/c1-30-29-36(14-13-34-17-21-38(22-18-34)40-28-25-35-23-26-39(2)27-24-35)16-20-37(30)19-15-33-11-9-32(10-12-33)8-7-31-5-3-4-6-31;1-2-4-5-3-1;;/h3-6,9-12,16-18,20-24,26-27,29H,25,28H2,1-2H3;1-5H;;1H/q+1;;+2;/p-1. The minimum atomic E-state index is 0. The Kier molecular flexibility index (Phi) is 17.3. The Bertz CT molecular complexity index is 1710. The first-order chi connectivity index (χ1) is 22.1. The van der Waals surface area contributed by atoms with Crippen LogP contribution < -0.4 is 28.5 Å². The molecule has 0 aliphatic heterocycles. The van der Waals surface area contributed by atoms with Crippen LogP contribution in [0.1, 0.15) is 38.9 Å². The summed E-state index contributed by atoms with van der Waals surface area (Å²) in [5.74, 6) is 21.6. The third-order valence-electron chi connectivity index (χ3n) is 6.93. The van der Waals surface area contributed by atoms with Crippen LogP contribution in [0.3, 0.4) is 0 Å². The number of rotatable bonds is 4. The van der Waals surface area contributed by atoms with Gasteiger partial charge in [0.05, 0.1) is 5.92 Å². The third-order valence-corrected chi connectivity index (χ3v) is 7.95. The van der Waals surface area contributed by atoms with Crippen LogP contribution in [0.25, 0.3) is 0 Å². The van der Waals surface area contributed by atoms with Gasteiger partial charge in [-0.15, -0.1) is 11.8 Å². The van der Waals surface area contributed by atoms with Gasteiger partial charge in [-0.25, -0.2) is 4.57 Å². The minimum absolute atomic E-state index is 0. The average molecular weight is 780 g/mol. The maximum atomic E-state index is 3.30. The van der Waals surface area contributed by atoms with E-state index in [2.05, 4.69) is 108 Å². The molecule has 1 aromatic heterocycles. The summed E-state index contributed by atoms with van der Waals surface area (Å²) in [5, 5.41) is 0. The van der Waals surface area contributed by atoms with Crippen LogP contribution >= 0.6 is 11.8 Å². The van der Waals surface area contributed by atoms with Gasteiger partial charge >= 0.3 is 17.1 Å². The molecular formula is C43H34FeINS+2. The van der Waals surface area contributed by atoms with Crippen LogP contribution in [0, 0.1) is 106 Å². The van der Waals surface area contributed by atoms with Crippen LogP contribution in [0.15, 0.2) is 96.2 Å². The number of nitrogens with zero attached hydrogens (tertiary/aromatic N) is 1. The van der Waals surface area contributed by atoms with E-state index in [4.69, 9.17) is 0 Å². The van der Waals surface area contributed by atoms with E-state index < -0.39 is 0 Å². The fourth-order valence-electron chi connectivity index (χ4n) is 4.34. The predicted octanol–water partition coefficient (Wildman–Crippen LogP) is 4.73. The van der Waals surface area contributed by atoms with Gasteiger partial charge in [0.2, 0.25) is 0 Å². The molecule has 0 atom stereocenters. The molecular weight excluding hydrogens is 745 g/mol. The summed E-state index contributed by atoms with van der Waals surface area (Å²) >= 11 is 1.88. The normalized spacial score (nSPS) is 13.1. The molecule has 0 saturated heterocycles. The van der Waals surface area contributed by atoms with E-state index in [0.717, 1.165) is 51.5 Å². The summed E-state index contributed by atoms with van der Waals surface area (Å²) in [5.41, 5.74) is 7.46. The number of aryl methyl sites for hydroxylation is 3. The molecule has 0 spiro atoms. The van der Waals surface area contributed by atoms with Crippen LogP contribution in [-0.4, -0.2) is 5.75 Å². The second-order valence-corrected chi connectivity index (χ2v) is 11.7. The zero-order valence-corrected chi connectivity index (χ0v) is 30.4. The van der Waals surface area contributed by atoms with Gasteiger partial charge < -0.3 is 24.0 Å². The first-order valence-electron chi connectivity index (χ1n) is 14.9. The van der Waals surface area contributed by atoms with Gasteiger partial charge in [0, 0.05) is 50.6 Å². The van der Waals surface area contributed by atoms with Gasteiger partial charge in [0.1, 0.15) is 7.05 Å². The van der Waals surface area contributed by atoms with E-state index >= 15 is 0 Å².